The van der Waals surface area contributed by atoms with E-state index in [1.165, 1.54) is 0 Å². The molecule has 144 valence electrons. The van der Waals surface area contributed by atoms with Crippen molar-refractivity contribution < 1.29 is 9.53 Å². The summed E-state index contributed by atoms with van der Waals surface area (Å²) < 4.78 is 5.33. The number of nitrogens with zero attached hydrogens (tertiary/aromatic N) is 4. The molecule has 1 fully saturated rings. The molecule has 0 spiro atoms. The van der Waals surface area contributed by atoms with Crippen molar-refractivity contribution >= 4 is 11.7 Å². The molecule has 1 aliphatic rings. The lowest BCUT2D eigenvalue weighted by atomic mass is 10.1. The molecule has 2 aromatic rings. The molecule has 0 unspecified atom stereocenters. The number of anilines is 1. The van der Waals surface area contributed by atoms with Crippen molar-refractivity contribution in [2.24, 2.45) is 0 Å². The van der Waals surface area contributed by atoms with Crippen molar-refractivity contribution in [2.45, 2.75) is 13.3 Å². The van der Waals surface area contributed by atoms with Gasteiger partial charge in [0.05, 0.1) is 19.5 Å². The fourth-order valence-corrected chi connectivity index (χ4v) is 3.21. The first-order valence-electron chi connectivity index (χ1n) is 9.40. The lowest BCUT2D eigenvalue weighted by Gasteiger charge is -2.34. The molecule has 7 nitrogen and oxygen atoms in total. The molecule has 1 aliphatic heterocycles. The van der Waals surface area contributed by atoms with E-state index < -0.39 is 0 Å². The van der Waals surface area contributed by atoms with Gasteiger partial charge in [0, 0.05) is 32.7 Å². The van der Waals surface area contributed by atoms with Crippen LogP contribution in [-0.2, 0) is 6.42 Å². The maximum Gasteiger partial charge on any atom is 0.271 e. The van der Waals surface area contributed by atoms with E-state index in [0.29, 0.717) is 18.7 Å². The summed E-state index contributed by atoms with van der Waals surface area (Å²) in [5.74, 6) is 1.45. The number of benzene rings is 1. The Balaban J connectivity index is 1.50. The van der Waals surface area contributed by atoms with Crippen molar-refractivity contribution in [1.29, 1.82) is 0 Å². The monoisotopic (exact) mass is 369 g/mol. The minimum absolute atomic E-state index is 0.209. The predicted octanol–water partition coefficient (Wildman–Crippen LogP) is 1.60. The van der Waals surface area contributed by atoms with Crippen LogP contribution in [0.25, 0.3) is 0 Å². The van der Waals surface area contributed by atoms with Gasteiger partial charge in [-0.1, -0.05) is 25.1 Å². The minimum Gasteiger partial charge on any atom is -0.496 e. The molecule has 0 saturated carbocycles. The summed E-state index contributed by atoms with van der Waals surface area (Å²) >= 11 is 0. The van der Waals surface area contributed by atoms with Gasteiger partial charge in [0.1, 0.15) is 17.3 Å². The van der Waals surface area contributed by atoms with Crippen LogP contribution in [0.2, 0.25) is 0 Å². The topological polar surface area (TPSA) is 70.6 Å². The maximum absolute atomic E-state index is 12.3. The average molecular weight is 369 g/mol. The lowest BCUT2D eigenvalue weighted by Crippen LogP contribution is -2.46. The number of hydrogen-bond donors (Lipinski definition) is 1. The van der Waals surface area contributed by atoms with Crippen molar-refractivity contribution in [1.82, 2.24) is 20.2 Å². The van der Waals surface area contributed by atoms with E-state index in [4.69, 9.17) is 4.74 Å². The maximum atomic E-state index is 12.3. The van der Waals surface area contributed by atoms with Gasteiger partial charge in [-0.3, -0.25) is 4.79 Å². The fourth-order valence-electron chi connectivity index (χ4n) is 3.21. The zero-order valence-electron chi connectivity index (χ0n) is 16.0. The number of carbonyl (C=O) groups excluding carboxylic acids is 1. The van der Waals surface area contributed by atoms with Crippen molar-refractivity contribution in [3.8, 4) is 5.75 Å². The summed E-state index contributed by atoms with van der Waals surface area (Å²) in [5.41, 5.74) is 1.40. The van der Waals surface area contributed by atoms with E-state index in [1.54, 1.807) is 19.5 Å². The molecule has 1 aromatic carbocycles. The third-order valence-corrected chi connectivity index (χ3v) is 4.89. The fraction of sp³-hybridized carbons (Fsp3) is 0.450. The molecule has 1 amide bonds. The SMILES string of the molecule is CCN1CCN(c2cnc(C(=O)NCCc3ccccc3OC)cn2)CC1. The Morgan fingerprint density at radius 2 is 1.93 bits per heavy atom. The lowest BCUT2D eigenvalue weighted by molar-refractivity contribution is 0.0948. The van der Waals surface area contributed by atoms with Crippen LogP contribution in [-0.4, -0.2) is 67.2 Å². The molecule has 0 radical (unpaired) electrons. The highest BCUT2D eigenvalue weighted by Gasteiger charge is 2.17. The molecule has 1 N–H and O–H groups in total. The van der Waals surface area contributed by atoms with Crippen LogP contribution in [0.4, 0.5) is 5.82 Å². The number of piperazine rings is 1. The van der Waals surface area contributed by atoms with Crippen LogP contribution in [0.1, 0.15) is 23.0 Å². The Morgan fingerprint density at radius 3 is 2.59 bits per heavy atom. The Hall–Kier alpha value is -2.67. The van der Waals surface area contributed by atoms with E-state index in [9.17, 15) is 4.79 Å². The number of carbonyl (C=O) groups is 1. The van der Waals surface area contributed by atoms with E-state index in [0.717, 1.165) is 49.9 Å². The summed E-state index contributed by atoms with van der Waals surface area (Å²) in [6.07, 6.45) is 3.94. The van der Waals surface area contributed by atoms with Crippen LogP contribution in [0.3, 0.4) is 0 Å². The first kappa shape index (κ1) is 19.1. The molecule has 3 rings (SSSR count). The summed E-state index contributed by atoms with van der Waals surface area (Å²) in [6, 6.07) is 7.81. The zero-order valence-corrected chi connectivity index (χ0v) is 16.0. The second-order valence-electron chi connectivity index (χ2n) is 6.50. The molecule has 1 saturated heterocycles. The Morgan fingerprint density at radius 1 is 1.15 bits per heavy atom. The summed E-state index contributed by atoms with van der Waals surface area (Å²) in [7, 11) is 1.65. The zero-order chi connectivity index (χ0) is 19.1. The molecule has 0 bridgehead atoms. The number of likely N-dealkylation sites (N-methyl/N-ethyl adjacent to an activating group) is 1. The quantitative estimate of drug-likeness (QED) is 0.799. The van der Waals surface area contributed by atoms with Gasteiger partial charge in [0.2, 0.25) is 0 Å². The standard InChI is InChI=1S/C20H27N5O2/c1-3-24-10-12-25(13-11-24)19-15-22-17(14-23-19)20(26)21-9-8-16-6-4-5-7-18(16)27-2/h4-7,14-15H,3,8-13H2,1-2H3,(H,21,26). The van der Waals surface area contributed by atoms with Crippen LogP contribution in [0, 0.1) is 0 Å². The largest absolute Gasteiger partial charge is 0.496 e. The van der Waals surface area contributed by atoms with E-state index >= 15 is 0 Å². The van der Waals surface area contributed by atoms with Crippen molar-refractivity contribution in [3.05, 3.63) is 47.9 Å². The van der Waals surface area contributed by atoms with Gasteiger partial charge < -0.3 is 19.9 Å². The number of hydrogen-bond acceptors (Lipinski definition) is 6. The van der Waals surface area contributed by atoms with Gasteiger partial charge in [-0.2, -0.15) is 0 Å². The van der Waals surface area contributed by atoms with E-state index in [-0.39, 0.29) is 5.91 Å². The molecular weight excluding hydrogens is 342 g/mol. The highest BCUT2D eigenvalue weighted by Crippen LogP contribution is 2.17. The van der Waals surface area contributed by atoms with Gasteiger partial charge in [0.25, 0.3) is 5.91 Å². The van der Waals surface area contributed by atoms with Gasteiger partial charge in [-0.05, 0) is 24.6 Å². The van der Waals surface area contributed by atoms with Gasteiger partial charge in [-0.15, -0.1) is 0 Å². The molecule has 1 aromatic heterocycles. The number of ether oxygens (including phenoxy) is 1. The van der Waals surface area contributed by atoms with Gasteiger partial charge in [-0.25, -0.2) is 9.97 Å². The number of aromatic nitrogens is 2. The molecular formula is C20H27N5O2. The highest BCUT2D eigenvalue weighted by atomic mass is 16.5. The summed E-state index contributed by atoms with van der Waals surface area (Å²) in [4.78, 5) is 25.6. The second-order valence-corrected chi connectivity index (χ2v) is 6.50. The molecule has 0 atom stereocenters. The predicted molar refractivity (Wildman–Crippen MR) is 105 cm³/mol. The van der Waals surface area contributed by atoms with Crippen LogP contribution < -0.4 is 15.0 Å². The first-order chi connectivity index (χ1) is 13.2. The Bertz CT molecular complexity index is 742. The molecule has 27 heavy (non-hydrogen) atoms. The van der Waals surface area contributed by atoms with E-state index in [2.05, 4.69) is 32.0 Å². The molecule has 0 aliphatic carbocycles. The van der Waals surface area contributed by atoms with Crippen molar-refractivity contribution in [3.63, 3.8) is 0 Å². The number of amides is 1. The Labute approximate surface area is 160 Å². The van der Waals surface area contributed by atoms with Crippen LogP contribution in [0.5, 0.6) is 5.75 Å². The molecule has 7 heteroatoms. The number of methoxy groups -OCH3 is 1. The normalized spacial score (nSPS) is 14.8. The second kappa shape index (κ2) is 9.32. The van der Waals surface area contributed by atoms with E-state index in [1.807, 2.05) is 24.3 Å². The smallest absolute Gasteiger partial charge is 0.271 e. The summed E-state index contributed by atoms with van der Waals surface area (Å²) in [5, 5.41) is 2.89. The number of nitrogens with one attached hydrogen (secondary N) is 1. The number of para-hydroxylation sites is 1. The van der Waals surface area contributed by atoms with Gasteiger partial charge >= 0.3 is 0 Å². The average Bonchev–Trinajstić information content (AvgIpc) is 2.74. The third kappa shape index (κ3) is 4.95. The number of rotatable bonds is 7. The van der Waals surface area contributed by atoms with Gasteiger partial charge in [0.15, 0.2) is 0 Å². The summed E-state index contributed by atoms with van der Waals surface area (Å²) in [6.45, 7) is 7.71. The van der Waals surface area contributed by atoms with Crippen molar-refractivity contribution in [2.75, 3.05) is 51.3 Å². The third-order valence-electron chi connectivity index (χ3n) is 4.89. The molecule has 2 heterocycles. The van der Waals surface area contributed by atoms with Crippen LogP contribution >= 0.6 is 0 Å². The first-order valence-corrected chi connectivity index (χ1v) is 9.40. The minimum atomic E-state index is -0.209. The van der Waals surface area contributed by atoms with Crippen LogP contribution in [0.15, 0.2) is 36.7 Å². The Kier molecular flexibility index (Phi) is 6.59. The highest BCUT2D eigenvalue weighted by molar-refractivity contribution is 5.92.